The molecule has 1 saturated heterocycles. The van der Waals surface area contributed by atoms with E-state index in [0.717, 1.165) is 26.0 Å². The van der Waals surface area contributed by atoms with Crippen LogP contribution in [-0.4, -0.2) is 30.8 Å². The first kappa shape index (κ1) is 11.7. The fourth-order valence-corrected chi connectivity index (χ4v) is 2.16. The maximum Gasteiger partial charge on any atom is 0.0644 e. The van der Waals surface area contributed by atoms with Crippen molar-refractivity contribution < 1.29 is 4.74 Å². The molecule has 0 aromatic heterocycles. The SMILES string of the molecule is C=CCNC1(CN)CCOC(C)(C)C1. The molecule has 0 aromatic carbocycles. The number of rotatable bonds is 4. The van der Waals surface area contributed by atoms with Crippen molar-refractivity contribution in [2.45, 2.75) is 37.8 Å². The van der Waals surface area contributed by atoms with Gasteiger partial charge in [0, 0.05) is 25.2 Å². The summed E-state index contributed by atoms with van der Waals surface area (Å²) in [4.78, 5) is 0. The van der Waals surface area contributed by atoms with Gasteiger partial charge >= 0.3 is 0 Å². The van der Waals surface area contributed by atoms with Crippen molar-refractivity contribution >= 4 is 0 Å². The molecule has 3 heteroatoms. The highest BCUT2D eigenvalue weighted by molar-refractivity contribution is 4.98. The Balaban J connectivity index is 2.62. The highest BCUT2D eigenvalue weighted by atomic mass is 16.5. The lowest BCUT2D eigenvalue weighted by Crippen LogP contribution is -2.58. The predicted octanol–water partition coefficient (Wildman–Crippen LogP) is 1.05. The molecule has 82 valence electrons. The van der Waals surface area contributed by atoms with Gasteiger partial charge in [-0.25, -0.2) is 0 Å². The summed E-state index contributed by atoms with van der Waals surface area (Å²) in [6.45, 7) is 10.2. The zero-order valence-corrected chi connectivity index (χ0v) is 9.31. The van der Waals surface area contributed by atoms with Gasteiger partial charge in [-0.1, -0.05) is 6.08 Å². The van der Waals surface area contributed by atoms with E-state index in [4.69, 9.17) is 10.5 Å². The van der Waals surface area contributed by atoms with Crippen molar-refractivity contribution in [2.24, 2.45) is 5.73 Å². The number of nitrogens with two attached hydrogens (primary N) is 1. The van der Waals surface area contributed by atoms with Crippen LogP contribution in [-0.2, 0) is 4.74 Å². The topological polar surface area (TPSA) is 47.3 Å². The summed E-state index contributed by atoms with van der Waals surface area (Å²) >= 11 is 0. The van der Waals surface area contributed by atoms with E-state index in [2.05, 4.69) is 25.7 Å². The average molecular weight is 198 g/mol. The fourth-order valence-electron chi connectivity index (χ4n) is 2.16. The van der Waals surface area contributed by atoms with Crippen molar-refractivity contribution in [1.82, 2.24) is 5.32 Å². The summed E-state index contributed by atoms with van der Waals surface area (Å²) in [6, 6.07) is 0. The van der Waals surface area contributed by atoms with E-state index < -0.39 is 0 Å². The van der Waals surface area contributed by atoms with Crippen LogP contribution in [0.4, 0.5) is 0 Å². The van der Waals surface area contributed by atoms with E-state index in [1.54, 1.807) is 0 Å². The molecule has 1 rings (SSSR count). The molecule has 0 aromatic rings. The highest BCUT2D eigenvalue weighted by Crippen LogP contribution is 2.31. The minimum Gasteiger partial charge on any atom is -0.375 e. The number of hydrogen-bond acceptors (Lipinski definition) is 3. The molecular weight excluding hydrogens is 176 g/mol. The second kappa shape index (κ2) is 4.43. The second-order valence-corrected chi connectivity index (χ2v) is 4.69. The molecular formula is C11H22N2O. The first-order valence-corrected chi connectivity index (χ1v) is 5.24. The van der Waals surface area contributed by atoms with E-state index in [0.29, 0.717) is 6.54 Å². The Bertz CT molecular complexity index is 203. The zero-order valence-electron chi connectivity index (χ0n) is 9.31. The molecule has 1 atom stereocenters. The zero-order chi connectivity index (χ0) is 10.7. The van der Waals surface area contributed by atoms with Crippen molar-refractivity contribution in [3.63, 3.8) is 0 Å². The Kier molecular flexibility index (Phi) is 3.70. The Labute approximate surface area is 86.7 Å². The van der Waals surface area contributed by atoms with Gasteiger partial charge in [0.2, 0.25) is 0 Å². The van der Waals surface area contributed by atoms with Crippen molar-refractivity contribution in [3.8, 4) is 0 Å². The molecule has 0 bridgehead atoms. The molecule has 14 heavy (non-hydrogen) atoms. The van der Waals surface area contributed by atoms with Gasteiger partial charge in [-0.2, -0.15) is 0 Å². The molecule has 0 saturated carbocycles. The van der Waals surface area contributed by atoms with E-state index in [1.807, 2.05) is 6.08 Å². The maximum absolute atomic E-state index is 5.85. The lowest BCUT2D eigenvalue weighted by Gasteiger charge is -2.44. The Morgan fingerprint density at radius 1 is 1.57 bits per heavy atom. The fraction of sp³-hybridized carbons (Fsp3) is 0.818. The van der Waals surface area contributed by atoms with Gasteiger partial charge in [-0.15, -0.1) is 6.58 Å². The van der Waals surface area contributed by atoms with E-state index in [1.165, 1.54) is 0 Å². The molecule has 1 aliphatic rings. The number of nitrogens with one attached hydrogen (secondary N) is 1. The maximum atomic E-state index is 5.85. The molecule has 0 aliphatic carbocycles. The summed E-state index contributed by atoms with van der Waals surface area (Å²) in [5, 5.41) is 3.47. The minimum atomic E-state index is -0.0637. The van der Waals surface area contributed by atoms with Gasteiger partial charge in [-0.05, 0) is 26.7 Å². The summed E-state index contributed by atoms with van der Waals surface area (Å²) < 4.78 is 5.68. The van der Waals surface area contributed by atoms with Gasteiger partial charge in [0.05, 0.1) is 5.60 Å². The van der Waals surface area contributed by atoms with E-state index >= 15 is 0 Å². The molecule has 0 amide bonds. The molecule has 0 spiro atoms. The first-order chi connectivity index (χ1) is 6.54. The molecule has 3 N–H and O–H groups in total. The van der Waals surface area contributed by atoms with E-state index in [9.17, 15) is 0 Å². The molecule has 1 aliphatic heterocycles. The van der Waals surface area contributed by atoms with Crippen LogP contribution >= 0.6 is 0 Å². The largest absolute Gasteiger partial charge is 0.375 e. The molecule has 1 fully saturated rings. The summed E-state index contributed by atoms with van der Waals surface area (Å²) in [7, 11) is 0. The van der Waals surface area contributed by atoms with Crippen LogP contribution in [0.2, 0.25) is 0 Å². The Morgan fingerprint density at radius 3 is 2.79 bits per heavy atom. The Hall–Kier alpha value is -0.380. The van der Waals surface area contributed by atoms with Crippen LogP contribution in [0.3, 0.4) is 0 Å². The van der Waals surface area contributed by atoms with E-state index in [-0.39, 0.29) is 11.1 Å². The van der Waals surface area contributed by atoms with Gasteiger partial charge in [0.1, 0.15) is 0 Å². The monoisotopic (exact) mass is 198 g/mol. The van der Waals surface area contributed by atoms with Crippen molar-refractivity contribution in [3.05, 3.63) is 12.7 Å². The van der Waals surface area contributed by atoms with Crippen molar-refractivity contribution in [1.29, 1.82) is 0 Å². The van der Waals surface area contributed by atoms with Crippen LogP contribution < -0.4 is 11.1 Å². The molecule has 1 unspecified atom stereocenters. The predicted molar refractivity (Wildman–Crippen MR) is 59.3 cm³/mol. The quantitative estimate of drug-likeness (QED) is 0.664. The van der Waals surface area contributed by atoms with Gasteiger partial charge in [-0.3, -0.25) is 0 Å². The van der Waals surface area contributed by atoms with Crippen LogP contribution in [0, 0.1) is 0 Å². The molecule has 1 heterocycles. The highest BCUT2D eigenvalue weighted by Gasteiger charge is 2.39. The van der Waals surface area contributed by atoms with Crippen molar-refractivity contribution in [2.75, 3.05) is 19.7 Å². The molecule has 0 radical (unpaired) electrons. The van der Waals surface area contributed by atoms with Gasteiger partial charge in [0.15, 0.2) is 0 Å². The third kappa shape index (κ3) is 2.80. The lowest BCUT2D eigenvalue weighted by molar-refractivity contribution is -0.0850. The summed E-state index contributed by atoms with van der Waals surface area (Å²) in [5.74, 6) is 0. The Morgan fingerprint density at radius 2 is 2.29 bits per heavy atom. The minimum absolute atomic E-state index is 0.0376. The second-order valence-electron chi connectivity index (χ2n) is 4.69. The normalized spacial score (nSPS) is 31.4. The standard InChI is InChI=1S/C11H22N2O/c1-4-6-13-11(9-12)5-7-14-10(2,3)8-11/h4,13H,1,5-9,12H2,2-3H3. The summed E-state index contributed by atoms with van der Waals surface area (Å²) in [6.07, 6.45) is 3.82. The number of hydrogen-bond donors (Lipinski definition) is 2. The number of ether oxygens (including phenoxy) is 1. The third-order valence-electron chi connectivity index (χ3n) is 2.85. The smallest absolute Gasteiger partial charge is 0.0644 e. The molecule has 3 nitrogen and oxygen atoms in total. The summed E-state index contributed by atoms with van der Waals surface area (Å²) in [5.41, 5.74) is 5.82. The van der Waals surface area contributed by atoms with Gasteiger partial charge < -0.3 is 15.8 Å². The van der Waals surface area contributed by atoms with Crippen LogP contribution in [0.1, 0.15) is 26.7 Å². The third-order valence-corrected chi connectivity index (χ3v) is 2.85. The van der Waals surface area contributed by atoms with Crippen LogP contribution in [0.25, 0.3) is 0 Å². The average Bonchev–Trinajstić information content (AvgIpc) is 2.13. The van der Waals surface area contributed by atoms with Crippen LogP contribution in [0.5, 0.6) is 0 Å². The van der Waals surface area contributed by atoms with Gasteiger partial charge in [0.25, 0.3) is 0 Å². The first-order valence-electron chi connectivity index (χ1n) is 5.24. The lowest BCUT2D eigenvalue weighted by atomic mass is 9.81. The van der Waals surface area contributed by atoms with Crippen LogP contribution in [0.15, 0.2) is 12.7 Å².